The number of allylic oxidation sites excluding steroid dienone is 2. The zero-order valence-corrected chi connectivity index (χ0v) is 8.09. The molecule has 0 N–H and O–H groups in total. The Balaban J connectivity index is 2.94. The summed E-state index contributed by atoms with van der Waals surface area (Å²) in [4.78, 5) is 0. The Bertz CT molecular complexity index is 116. The van der Waals surface area contributed by atoms with Gasteiger partial charge in [-0.05, 0) is 12.8 Å². The standard InChI is InChI=1S/C11H20O/c1-3-5-7-9-11-12-10-8-6-4-2/h3,7,9H,1,4-6,8,10-11H2,2H3. The molecule has 0 aromatic carbocycles. The van der Waals surface area contributed by atoms with Gasteiger partial charge in [-0.25, -0.2) is 0 Å². The van der Waals surface area contributed by atoms with Crippen LogP contribution in [-0.2, 0) is 4.74 Å². The Morgan fingerprint density at radius 1 is 1.25 bits per heavy atom. The van der Waals surface area contributed by atoms with Crippen molar-refractivity contribution >= 4 is 0 Å². The summed E-state index contributed by atoms with van der Waals surface area (Å²) in [5, 5.41) is 0. The van der Waals surface area contributed by atoms with Gasteiger partial charge < -0.3 is 4.74 Å². The van der Waals surface area contributed by atoms with Crippen LogP contribution in [0.4, 0.5) is 0 Å². The summed E-state index contributed by atoms with van der Waals surface area (Å²) in [6.45, 7) is 7.47. The van der Waals surface area contributed by atoms with E-state index in [4.69, 9.17) is 4.74 Å². The fraction of sp³-hybridized carbons (Fsp3) is 0.636. The Hall–Kier alpha value is -0.560. The van der Waals surface area contributed by atoms with E-state index in [2.05, 4.69) is 19.6 Å². The van der Waals surface area contributed by atoms with Crippen LogP contribution in [0.2, 0.25) is 0 Å². The van der Waals surface area contributed by atoms with Crippen molar-refractivity contribution < 1.29 is 4.74 Å². The third kappa shape index (κ3) is 9.44. The molecule has 0 saturated heterocycles. The van der Waals surface area contributed by atoms with Crippen molar-refractivity contribution in [3.8, 4) is 0 Å². The Kier molecular flexibility index (Phi) is 9.95. The largest absolute Gasteiger partial charge is 0.377 e. The van der Waals surface area contributed by atoms with Crippen LogP contribution < -0.4 is 0 Å². The van der Waals surface area contributed by atoms with Gasteiger partial charge in [-0.15, -0.1) is 6.58 Å². The lowest BCUT2D eigenvalue weighted by atomic mass is 10.3. The third-order valence-corrected chi connectivity index (χ3v) is 1.58. The minimum atomic E-state index is 0.748. The van der Waals surface area contributed by atoms with Crippen molar-refractivity contribution in [2.24, 2.45) is 0 Å². The first kappa shape index (κ1) is 11.4. The average molecular weight is 168 g/mol. The highest BCUT2D eigenvalue weighted by atomic mass is 16.5. The maximum Gasteiger partial charge on any atom is 0.0647 e. The summed E-state index contributed by atoms with van der Waals surface area (Å²) in [7, 11) is 0. The highest BCUT2D eigenvalue weighted by Gasteiger charge is 1.84. The first-order valence-electron chi connectivity index (χ1n) is 4.75. The summed E-state index contributed by atoms with van der Waals surface area (Å²) >= 11 is 0. The molecule has 0 aliphatic carbocycles. The molecule has 0 spiro atoms. The zero-order chi connectivity index (χ0) is 9.07. The monoisotopic (exact) mass is 168 g/mol. The van der Waals surface area contributed by atoms with E-state index in [-0.39, 0.29) is 0 Å². The van der Waals surface area contributed by atoms with Crippen LogP contribution >= 0.6 is 0 Å². The molecule has 0 rings (SSSR count). The molecule has 1 heteroatoms. The second-order valence-corrected chi connectivity index (χ2v) is 2.78. The van der Waals surface area contributed by atoms with E-state index < -0.39 is 0 Å². The Morgan fingerprint density at radius 3 is 2.75 bits per heavy atom. The van der Waals surface area contributed by atoms with E-state index in [0.29, 0.717) is 0 Å². The fourth-order valence-corrected chi connectivity index (χ4v) is 0.866. The van der Waals surface area contributed by atoms with Crippen LogP contribution in [0.5, 0.6) is 0 Å². The second-order valence-electron chi connectivity index (χ2n) is 2.78. The first-order valence-corrected chi connectivity index (χ1v) is 4.75. The van der Waals surface area contributed by atoms with E-state index in [1.165, 1.54) is 19.3 Å². The summed E-state index contributed by atoms with van der Waals surface area (Å²) in [5.41, 5.74) is 0. The van der Waals surface area contributed by atoms with Crippen molar-refractivity contribution in [2.45, 2.75) is 32.6 Å². The predicted molar refractivity (Wildman–Crippen MR) is 54.3 cm³/mol. The van der Waals surface area contributed by atoms with Gasteiger partial charge in [0.05, 0.1) is 6.61 Å². The summed E-state index contributed by atoms with van der Waals surface area (Å²) in [5.74, 6) is 0. The Morgan fingerprint density at radius 2 is 2.08 bits per heavy atom. The van der Waals surface area contributed by atoms with Gasteiger partial charge in [0.25, 0.3) is 0 Å². The molecule has 0 aromatic rings. The van der Waals surface area contributed by atoms with Crippen molar-refractivity contribution in [2.75, 3.05) is 13.2 Å². The van der Waals surface area contributed by atoms with Gasteiger partial charge in [0.15, 0.2) is 0 Å². The maximum atomic E-state index is 5.36. The topological polar surface area (TPSA) is 9.23 Å². The van der Waals surface area contributed by atoms with E-state index in [9.17, 15) is 0 Å². The van der Waals surface area contributed by atoms with Gasteiger partial charge in [0.1, 0.15) is 0 Å². The average Bonchev–Trinajstić information content (AvgIpc) is 2.10. The highest BCUT2D eigenvalue weighted by Crippen LogP contribution is 1.94. The smallest absolute Gasteiger partial charge is 0.0647 e. The molecular formula is C11H20O. The quantitative estimate of drug-likeness (QED) is 0.399. The number of ether oxygens (including phenoxy) is 1. The molecule has 0 saturated carbocycles. The van der Waals surface area contributed by atoms with Crippen LogP contribution in [0.3, 0.4) is 0 Å². The zero-order valence-electron chi connectivity index (χ0n) is 8.09. The van der Waals surface area contributed by atoms with Crippen molar-refractivity contribution in [3.63, 3.8) is 0 Å². The van der Waals surface area contributed by atoms with Gasteiger partial charge >= 0.3 is 0 Å². The van der Waals surface area contributed by atoms with E-state index in [0.717, 1.165) is 19.6 Å². The van der Waals surface area contributed by atoms with Gasteiger partial charge in [0, 0.05) is 6.61 Å². The fourth-order valence-electron chi connectivity index (χ4n) is 0.866. The maximum absolute atomic E-state index is 5.36. The number of rotatable bonds is 8. The SMILES string of the molecule is C=CCC=CCOCCCCC. The molecule has 0 heterocycles. The van der Waals surface area contributed by atoms with Crippen LogP contribution in [0.25, 0.3) is 0 Å². The van der Waals surface area contributed by atoms with Crippen molar-refractivity contribution in [1.29, 1.82) is 0 Å². The number of hydrogen-bond acceptors (Lipinski definition) is 1. The minimum Gasteiger partial charge on any atom is -0.377 e. The molecule has 0 fully saturated rings. The van der Waals surface area contributed by atoms with Crippen molar-refractivity contribution in [1.82, 2.24) is 0 Å². The van der Waals surface area contributed by atoms with Crippen LogP contribution in [0, 0.1) is 0 Å². The first-order chi connectivity index (χ1) is 5.91. The molecule has 0 bridgehead atoms. The molecule has 0 atom stereocenters. The number of unbranched alkanes of at least 4 members (excludes halogenated alkanes) is 2. The third-order valence-electron chi connectivity index (χ3n) is 1.58. The molecule has 70 valence electrons. The van der Waals surface area contributed by atoms with Gasteiger partial charge in [-0.2, -0.15) is 0 Å². The molecular weight excluding hydrogens is 148 g/mol. The predicted octanol–water partition coefficient (Wildman–Crippen LogP) is 3.33. The van der Waals surface area contributed by atoms with Crippen molar-refractivity contribution in [3.05, 3.63) is 24.8 Å². The lowest BCUT2D eigenvalue weighted by molar-refractivity contribution is 0.157. The molecule has 0 radical (unpaired) electrons. The molecule has 1 nitrogen and oxygen atoms in total. The van der Waals surface area contributed by atoms with Gasteiger partial charge in [-0.1, -0.05) is 38.0 Å². The van der Waals surface area contributed by atoms with Gasteiger partial charge in [-0.3, -0.25) is 0 Å². The van der Waals surface area contributed by atoms with Crippen LogP contribution in [0.1, 0.15) is 32.6 Å². The van der Waals surface area contributed by atoms with Crippen LogP contribution in [0.15, 0.2) is 24.8 Å². The lowest BCUT2D eigenvalue weighted by Crippen LogP contribution is -1.93. The summed E-state index contributed by atoms with van der Waals surface area (Å²) in [6.07, 6.45) is 10.7. The molecule has 0 unspecified atom stereocenters. The Labute approximate surface area is 76.1 Å². The highest BCUT2D eigenvalue weighted by molar-refractivity contribution is 4.88. The van der Waals surface area contributed by atoms with E-state index in [1.807, 2.05) is 12.2 Å². The van der Waals surface area contributed by atoms with Gasteiger partial charge in [0.2, 0.25) is 0 Å². The van der Waals surface area contributed by atoms with E-state index in [1.54, 1.807) is 0 Å². The second kappa shape index (κ2) is 10.4. The summed E-state index contributed by atoms with van der Waals surface area (Å²) < 4.78 is 5.36. The summed E-state index contributed by atoms with van der Waals surface area (Å²) in [6, 6.07) is 0. The molecule has 0 aliphatic heterocycles. The number of hydrogen-bond donors (Lipinski definition) is 0. The molecule has 0 aromatic heterocycles. The lowest BCUT2D eigenvalue weighted by Gasteiger charge is -1.98. The molecule has 0 amide bonds. The molecule has 0 aliphatic rings. The van der Waals surface area contributed by atoms with Crippen LogP contribution in [-0.4, -0.2) is 13.2 Å². The van der Waals surface area contributed by atoms with E-state index >= 15 is 0 Å². The minimum absolute atomic E-state index is 0.748. The molecule has 12 heavy (non-hydrogen) atoms. The normalized spacial score (nSPS) is 10.8.